The number of nitrogens with zero attached hydrogens (tertiary/aromatic N) is 2. The minimum atomic E-state index is 0.450. The lowest BCUT2D eigenvalue weighted by molar-refractivity contribution is 0.669. The standard InChI is InChI=1S/C38H20N2O2/c39-21-23-8-5-9-24(22-40)36(23)27-19-25(28-12-7-17-35-37(28)32-11-2-4-16-34(32)41-35)18-26(20-27)29-13-6-14-31-30-10-1-3-15-33(30)42-38(29)31/h1-20H. The van der Waals surface area contributed by atoms with Gasteiger partial charge in [0.2, 0.25) is 0 Å². The normalized spacial score (nSPS) is 11.3. The van der Waals surface area contributed by atoms with E-state index in [1.54, 1.807) is 18.2 Å². The van der Waals surface area contributed by atoms with E-state index in [2.05, 4.69) is 60.7 Å². The lowest BCUT2D eigenvalue weighted by Crippen LogP contribution is -1.92. The van der Waals surface area contributed by atoms with Gasteiger partial charge in [0.25, 0.3) is 0 Å². The van der Waals surface area contributed by atoms with Gasteiger partial charge in [-0.05, 0) is 70.8 Å². The minimum absolute atomic E-state index is 0.450. The van der Waals surface area contributed by atoms with E-state index in [4.69, 9.17) is 8.83 Å². The molecule has 0 aliphatic carbocycles. The Morgan fingerprint density at radius 3 is 1.76 bits per heavy atom. The van der Waals surface area contributed by atoms with Gasteiger partial charge in [0.15, 0.2) is 0 Å². The monoisotopic (exact) mass is 536 g/mol. The molecule has 0 atom stereocenters. The molecule has 8 rings (SSSR count). The molecule has 0 aliphatic heterocycles. The summed E-state index contributed by atoms with van der Waals surface area (Å²) in [6.45, 7) is 0. The first-order valence-electron chi connectivity index (χ1n) is 13.6. The quantitative estimate of drug-likeness (QED) is 0.225. The van der Waals surface area contributed by atoms with Crippen LogP contribution < -0.4 is 0 Å². The van der Waals surface area contributed by atoms with Crippen molar-refractivity contribution in [2.45, 2.75) is 0 Å². The molecule has 0 radical (unpaired) electrons. The molecule has 0 spiro atoms. The molecule has 8 aromatic rings. The summed E-state index contributed by atoms with van der Waals surface area (Å²) in [5.74, 6) is 0. The molecule has 0 N–H and O–H groups in total. The van der Waals surface area contributed by atoms with Gasteiger partial charge < -0.3 is 8.83 Å². The Hall–Kier alpha value is -6.10. The number of nitriles is 2. The minimum Gasteiger partial charge on any atom is -0.456 e. The fraction of sp³-hybridized carbons (Fsp3) is 0. The van der Waals surface area contributed by atoms with Gasteiger partial charge in [0.05, 0.1) is 23.3 Å². The number of hydrogen-bond acceptors (Lipinski definition) is 4. The van der Waals surface area contributed by atoms with Gasteiger partial charge in [-0.2, -0.15) is 10.5 Å². The van der Waals surface area contributed by atoms with Crippen molar-refractivity contribution in [2.75, 3.05) is 0 Å². The maximum absolute atomic E-state index is 10.0. The van der Waals surface area contributed by atoms with E-state index in [0.29, 0.717) is 16.7 Å². The molecular weight excluding hydrogens is 516 g/mol. The zero-order valence-corrected chi connectivity index (χ0v) is 22.3. The summed E-state index contributed by atoms with van der Waals surface area (Å²) in [4.78, 5) is 0. The van der Waals surface area contributed by atoms with Crippen molar-refractivity contribution in [2.24, 2.45) is 0 Å². The first-order chi connectivity index (χ1) is 20.7. The van der Waals surface area contributed by atoms with Gasteiger partial charge >= 0.3 is 0 Å². The number of para-hydroxylation sites is 3. The Morgan fingerprint density at radius 1 is 0.452 bits per heavy atom. The molecule has 42 heavy (non-hydrogen) atoms. The molecule has 194 valence electrons. The number of furan rings is 2. The third kappa shape index (κ3) is 3.53. The molecule has 0 bridgehead atoms. The summed E-state index contributed by atoms with van der Waals surface area (Å²) in [5.41, 5.74) is 9.36. The second-order valence-corrected chi connectivity index (χ2v) is 10.3. The van der Waals surface area contributed by atoms with Crippen LogP contribution in [0.5, 0.6) is 0 Å². The van der Waals surface area contributed by atoms with Crippen molar-refractivity contribution in [3.8, 4) is 45.5 Å². The van der Waals surface area contributed by atoms with E-state index in [9.17, 15) is 10.5 Å². The van der Waals surface area contributed by atoms with Gasteiger partial charge in [-0.1, -0.05) is 72.8 Å². The predicted octanol–water partition coefficient (Wildman–Crippen LogP) is 10.2. The van der Waals surface area contributed by atoms with Crippen LogP contribution in [-0.4, -0.2) is 0 Å². The number of hydrogen-bond donors (Lipinski definition) is 0. The highest BCUT2D eigenvalue weighted by molar-refractivity contribution is 6.13. The first kappa shape index (κ1) is 23.8. The van der Waals surface area contributed by atoms with E-state index >= 15 is 0 Å². The molecule has 0 unspecified atom stereocenters. The van der Waals surface area contributed by atoms with Crippen LogP contribution in [-0.2, 0) is 0 Å². The lowest BCUT2D eigenvalue weighted by Gasteiger charge is -2.14. The number of benzene rings is 6. The van der Waals surface area contributed by atoms with Crippen molar-refractivity contribution in [1.82, 2.24) is 0 Å². The topological polar surface area (TPSA) is 73.9 Å². The highest BCUT2D eigenvalue weighted by Gasteiger charge is 2.19. The highest BCUT2D eigenvalue weighted by Crippen LogP contribution is 2.43. The van der Waals surface area contributed by atoms with E-state index < -0.39 is 0 Å². The Labute approximate surface area is 240 Å². The van der Waals surface area contributed by atoms with Crippen LogP contribution in [0.4, 0.5) is 0 Å². The van der Waals surface area contributed by atoms with Crippen LogP contribution in [0.25, 0.3) is 77.3 Å². The van der Waals surface area contributed by atoms with Crippen LogP contribution >= 0.6 is 0 Å². The predicted molar refractivity (Wildman–Crippen MR) is 167 cm³/mol. The average Bonchev–Trinajstić information content (AvgIpc) is 3.62. The molecule has 6 aromatic carbocycles. The highest BCUT2D eigenvalue weighted by atomic mass is 16.3. The van der Waals surface area contributed by atoms with Crippen LogP contribution in [0.3, 0.4) is 0 Å². The summed E-state index contributed by atoms with van der Waals surface area (Å²) in [6, 6.07) is 44.5. The first-order valence-corrected chi connectivity index (χ1v) is 13.6. The molecule has 4 heteroatoms. The molecule has 2 heterocycles. The van der Waals surface area contributed by atoms with Gasteiger partial charge in [-0.25, -0.2) is 0 Å². The van der Waals surface area contributed by atoms with Crippen molar-refractivity contribution in [3.05, 3.63) is 132 Å². The number of rotatable bonds is 3. The van der Waals surface area contributed by atoms with E-state index in [-0.39, 0.29) is 0 Å². The number of fused-ring (bicyclic) bond motifs is 6. The van der Waals surface area contributed by atoms with Gasteiger partial charge in [-0.3, -0.25) is 0 Å². The molecule has 0 fully saturated rings. The second-order valence-electron chi connectivity index (χ2n) is 10.3. The third-order valence-corrected chi connectivity index (χ3v) is 7.96. The Kier molecular flexibility index (Phi) is 5.22. The summed E-state index contributed by atoms with van der Waals surface area (Å²) in [6.07, 6.45) is 0. The SMILES string of the molecule is N#Cc1cccc(C#N)c1-c1cc(-c2cccc3c2oc2ccccc23)cc(-c2cccc3oc4ccccc4c23)c1. The molecule has 0 amide bonds. The van der Waals surface area contributed by atoms with Crippen molar-refractivity contribution in [3.63, 3.8) is 0 Å². The fourth-order valence-corrected chi connectivity index (χ4v) is 6.12. The Bertz CT molecular complexity index is 2410. The van der Waals surface area contributed by atoms with Gasteiger partial charge in [-0.15, -0.1) is 0 Å². The Balaban J connectivity index is 1.48. The molecule has 2 aromatic heterocycles. The summed E-state index contributed by atoms with van der Waals surface area (Å²) < 4.78 is 12.6. The largest absolute Gasteiger partial charge is 0.456 e. The molecule has 4 nitrogen and oxygen atoms in total. The van der Waals surface area contributed by atoms with Gasteiger partial charge in [0, 0.05) is 32.7 Å². The zero-order valence-electron chi connectivity index (χ0n) is 22.3. The maximum atomic E-state index is 10.0. The van der Waals surface area contributed by atoms with Crippen molar-refractivity contribution in [1.29, 1.82) is 10.5 Å². The van der Waals surface area contributed by atoms with E-state index in [0.717, 1.165) is 71.7 Å². The third-order valence-electron chi connectivity index (χ3n) is 7.96. The van der Waals surface area contributed by atoms with Crippen molar-refractivity contribution >= 4 is 43.9 Å². The van der Waals surface area contributed by atoms with Crippen LogP contribution in [0, 0.1) is 22.7 Å². The van der Waals surface area contributed by atoms with Crippen molar-refractivity contribution < 1.29 is 8.83 Å². The second kappa shape index (κ2) is 9.24. The molecule has 0 saturated heterocycles. The lowest BCUT2D eigenvalue weighted by atomic mass is 9.88. The molecular formula is C38H20N2O2. The molecule has 0 aliphatic rings. The van der Waals surface area contributed by atoms with E-state index in [1.165, 1.54) is 0 Å². The summed E-state index contributed by atoms with van der Waals surface area (Å²) in [7, 11) is 0. The van der Waals surface area contributed by atoms with Gasteiger partial charge in [0.1, 0.15) is 22.3 Å². The maximum Gasteiger partial charge on any atom is 0.143 e. The Morgan fingerprint density at radius 2 is 1.00 bits per heavy atom. The summed E-state index contributed by atoms with van der Waals surface area (Å²) in [5, 5.41) is 24.2. The van der Waals surface area contributed by atoms with Crippen LogP contribution in [0.15, 0.2) is 130 Å². The fourth-order valence-electron chi connectivity index (χ4n) is 6.12. The summed E-state index contributed by atoms with van der Waals surface area (Å²) >= 11 is 0. The van der Waals surface area contributed by atoms with Crippen LogP contribution in [0.1, 0.15) is 11.1 Å². The van der Waals surface area contributed by atoms with E-state index in [1.807, 2.05) is 54.6 Å². The smallest absolute Gasteiger partial charge is 0.143 e. The average molecular weight is 537 g/mol. The molecule has 0 saturated carbocycles. The zero-order chi connectivity index (χ0) is 28.2. The van der Waals surface area contributed by atoms with Crippen LogP contribution in [0.2, 0.25) is 0 Å².